The molecule has 0 radical (unpaired) electrons. The monoisotopic (exact) mass is 440 g/mol. The molecule has 0 aromatic rings. The highest BCUT2D eigenvalue weighted by Gasteiger charge is 2.25. The molecule has 1 unspecified atom stereocenters. The third-order valence-electron chi connectivity index (χ3n) is 2.78. The summed E-state index contributed by atoms with van der Waals surface area (Å²) in [6, 6.07) is 0. The molecular formula is C13H17IN2O5S. The summed E-state index contributed by atoms with van der Waals surface area (Å²) in [6.07, 6.45) is 2.69. The number of amides is 1. The molecule has 7 nitrogen and oxygen atoms in total. The molecule has 0 spiro atoms. The van der Waals surface area contributed by atoms with Gasteiger partial charge in [0.1, 0.15) is 9.48 Å². The van der Waals surface area contributed by atoms with Crippen LogP contribution >= 0.6 is 20.7 Å². The topological polar surface area (TPSA) is 105 Å². The van der Waals surface area contributed by atoms with Crippen molar-refractivity contribution in [1.82, 2.24) is 5.43 Å². The van der Waals surface area contributed by atoms with Gasteiger partial charge in [0.2, 0.25) is 0 Å². The highest BCUT2D eigenvalue weighted by Crippen LogP contribution is 2.26. The number of carbonyl (C=O) groups is 1. The molecule has 2 N–H and O–H groups in total. The van der Waals surface area contributed by atoms with Crippen molar-refractivity contribution in [1.29, 1.82) is 0 Å². The average Bonchev–Trinajstić information content (AvgIpc) is 2.44. The van der Waals surface area contributed by atoms with E-state index in [4.69, 9.17) is 9.29 Å². The molecule has 0 saturated carbocycles. The fourth-order valence-corrected chi connectivity index (χ4v) is 4.21. The first kappa shape index (κ1) is 18.7. The Morgan fingerprint density at radius 3 is 2.68 bits per heavy atom. The van der Waals surface area contributed by atoms with E-state index in [1.54, 1.807) is 6.92 Å². The Morgan fingerprint density at radius 1 is 1.55 bits per heavy atom. The van der Waals surface area contributed by atoms with Gasteiger partial charge in [0.05, 0.1) is 15.0 Å². The van der Waals surface area contributed by atoms with Crippen molar-refractivity contribution >= 4 is 44.0 Å². The zero-order chi connectivity index (χ0) is 16.9. The molecule has 0 aromatic heterocycles. The van der Waals surface area contributed by atoms with Gasteiger partial charge in [0.15, 0.2) is 0 Å². The third kappa shape index (κ3) is 4.85. The summed E-state index contributed by atoms with van der Waals surface area (Å²) in [5, 5.41) is 2.97. The van der Waals surface area contributed by atoms with E-state index in [2.05, 4.69) is 23.7 Å². The van der Waals surface area contributed by atoms with E-state index >= 15 is 0 Å². The number of rotatable bonds is 7. The molecule has 0 aromatic carbocycles. The molecule has 0 aliphatic carbocycles. The fourth-order valence-electron chi connectivity index (χ4n) is 1.53. The summed E-state index contributed by atoms with van der Waals surface area (Å²) in [6.45, 7) is 10.1. The van der Waals surface area contributed by atoms with Crippen molar-refractivity contribution in [3.8, 4) is 0 Å². The quantitative estimate of drug-likeness (QED) is 0.357. The number of hydrogen-bond donors (Lipinski definition) is 2. The van der Waals surface area contributed by atoms with Crippen LogP contribution in [0.3, 0.4) is 0 Å². The minimum atomic E-state index is -4.19. The van der Waals surface area contributed by atoms with Crippen LogP contribution in [0.2, 0.25) is 0 Å². The van der Waals surface area contributed by atoms with Crippen molar-refractivity contribution in [3.63, 3.8) is 0 Å². The van der Waals surface area contributed by atoms with Gasteiger partial charge in [0, 0.05) is 5.57 Å². The minimum absolute atomic E-state index is 0.0113. The van der Waals surface area contributed by atoms with Gasteiger partial charge >= 0.3 is 0 Å². The molecule has 0 bridgehead atoms. The Hall–Kier alpha value is -1.33. The number of ether oxygens (including phenoxy) is 1. The summed E-state index contributed by atoms with van der Waals surface area (Å²) in [5.41, 5.74) is 2.89. The van der Waals surface area contributed by atoms with Crippen molar-refractivity contribution in [2.75, 3.05) is 0 Å². The molecule has 122 valence electrons. The zero-order valence-electron chi connectivity index (χ0n) is 12.2. The van der Waals surface area contributed by atoms with Gasteiger partial charge in [-0.25, -0.2) is 5.43 Å². The second kappa shape index (κ2) is 7.79. The second-order valence-corrected chi connectivity index (χ2v) is 8.90. The zero-order valence-corrected chi connectivity index (χ0v) is 15.1. The first-order chi connectivity index (χ1) is 10.2. The Balaban J connectivity index is 3.27. The molecule has 0 saturated heterocycles. The summed E-state index contributed by atoms with van der Waals surface area (Å²) in [5.74, 6) is 0.111. The first-order valence-electron chi connectivity index (χ1n) is 6.17. The third-order valence-corrected chi connectivity index (χ3v) is 6.88. The molecule has 1 aliphatic heterocycles. The summed E-state index contributed by atoms with van der Waals surface area (Å²) >= 11 is -0.923. The van der Waals surface area contributed by atoms with Crippen LogP contribution in [0.15, 0.2) is 41.9 Å². The fraction of sp³-hybridized carbons (Fsp3) is 0.308. The van der Waals surface area contributed by atoms with Gasteiger partial charge < -0.3 is 4.74 Å². The summed E-state index contributed by atoms with van der Waals surface area (Å²) in [4.78, 5) is 11.6. The van der Waals surface area contributed by atoms with Crippen molar-refractivity contribution in [3.05, 3.63) is 36.8 Å². The van der Waals surface area contributed by atoms with Gasteiger partial charge in [-0.2, -0.15) is 13.5 Å². The Kier molecular flexibility index (Phi) is 6.63. The molecule has 1 atom stereocenters. The largest absolute Gasteiger partial charge is 0.470 e. The molecule has 1 rings (SSSR count). The highest BCUT2D eigenvalue weighted by atomic mass is 127. The lowest BCUT2D eigenvalue weighted by Gasteiger charge is -2.17. The van der Waals surface area contributed by atoms with Crippen LogP contribution in [-0.2, 0) is 19.6 Å². The van der Waals surface area contributed by atoms with Crippen LogP contribution in [0.4, 0.5) is 0 Å². The predicted molar refractivity (Wildman–Crippen MR) is 94.4 cm³/mol. The summed E-state index contributed by atoms with van der Waals surface area (Å²) in [7, 11) is -4.19. The molecule has 0 fully saturated rings. The first-order valence-corrected chi connectivity index (χ1v) is 9.83. The average molecular weight is 440 g/mol. The van der Waals surface area contributed by atoms with E-state index in [9.17, 15) is 13.2 Å². The van der Waals surface area contributed by atoms with E-state index in [-0.39, 0.29) is 12.3 Å². The van der Waals surface area contributed by atoms with Crippen molar-refractivity contribution < 1.29 is 22.5 Å². The SMILES string of the molecule is C=CO/C(C)=C(/CC(C)S(=O)(=O)O)C1=NNC(=O)C(C=C)=I1. The lowest BCUT2D eigenvalue weighted by atomic mass is 10.1. The van der Waals surface area contributed by atoms with Crippen LogP contribution in [0.1, 0.15) is 20.3 Å². The predicted octanol–water partition coefficient (Wildman–Crippen LogP) is 1.86. The van der Waals surface area contributed by atoms with Crippen molar-refractivity contribution in [2.24, 2.45) is 5.10 Å². The van der Waals surface area contributed by atoms with Crippen LogP contribution in [-0.4, -0.2) is 31.4 Å². The Morgan fingerprint density at radius 2 is 2.18 bits per heavy atom. The van der Waals surface area contributed by atoms with Gasteiger partial charge in [-0.15, -0.1) is 0 Å². The molecule has 1 aliphatic rings. The molecular weight excluding hydrogens is 423 g/mol. The van der Waals surface area contributed by atoms with Gasteiger partial charge in [-0.1, -0.05) is 19.2 Å². The van der Waals surface area contributed by atoms with E-state index in [0.29, 0.717) is 18.6 Å². The summed E-state index contributed by atoms with van der Waals surface area (Å²) < 4.78 is 38.0. The second-order valence-electron chi connectivity index (χ2n) is 4.34. The standard InChI is InChI=1S/C13H17IN2O5S/c1-5-11-13(17)16-15-12(14-11)10(9(4)21-6-2)7-8(3)22(18,19)20/h5-6,8H,1-2,7H2,3-4H3,(H,16,17)(H,18,19,20)/b10-9-. The number of nitrogens with zero attached hydrogens (tertiary/aromatic N) is 1. The number of allylic oxidation sites excluding steroid dienone is 2. The van der Waals surface area contributed by atoms with Gasteiger partial charge in [-0.05, 0) is 41.0 Å². The van der Waals surface area contributed by atoms with Crippen LogP contribution in [0.5, 0.6) is 0 Å². The number of hydrogen-bond acceptors (Lipinski definition) is 5. The number of nitrogens with one attached hydrogen (secondary N) is 1. The van der Waals surface area contributed by atoms with Crippen LogP contribution in [0.25, 0.3) is 0 Å². The maximum Gasteiger partial charge on any atom is 0.277 e. The van der Waals surface area contributed by atoms with E-state index in [0.717, 1.165) is 0 Å². The lowest BCUT2D eigenvalue weighted by Crippen LogP contribution is -2.30. The van der Waals surface area contributed by atoms with Gasteiger partial charge in [0.25, 0.3) is 16.0 Å². The normalized spacial score (nSPS) is 17.9. The van der Waals surface area contributed by atoms with E-state index in [1.165, 1.54) is 19.3 Å². The van der Waals surface area contributed by atoms with E-state index < -0.39 is 36.1 Å². The number of carbonyl (C=O) groups excluding carboxylic acids is 1. The van der Waals surface area contributed by atoms with Crippen LogP contribution in [0, 0.1) is 0 Å². The lowest BCUT2D eigenvalue weighted by molar-refractivity contribution is -0.114. The smallest absolute Gasteiger partial charge is 0.277 e. The minimum Gasteiger partial charge on any atom is -0.470 e. The maximum atomic E-state index is 11.6. The van der Waals surface area contributed by atoms with Gasteiger partial charge in [-0.3, -0.25) is 9.35 Å². The maximum absolute atomic E-state index is 11.6. The number of hydrazone groups is 1. The number of halogens is 1. The van der Waals surface area contributed by atoms with Crippen LogP contribution < -0.4 is 5.43 Å². The Labute approximate surface area is 139 Å². The van der Waals surface area contributed by atoms with Crippen molar-refractivity contribution in [2.45, 2.75) is 25.5 Å². The highest BCUT2D eigenvalue weighted by molar-refractivity contribution is 14.2. The molecule has 1 amide bonds. The molecule has 1 heterocycles. The Bertz CT molecular complexity index is 691. The molecule has 9 heteroatoms. The van der Waals surface area contributed by atoms with E-state index in [1.807, 2.05) is 0 Å². The molecule has 22 heavy (non-hydrogen) atoms.